The molecular formula is C11H13N7O2. The summed E-state index contributed by atoms with van der Waals surface area (Å²) >= 11 is 0. The van der Waals surface area contributed by atoms with Gasteiger partial charge in [-0.05, 0) is 29.2 Å². The smallest absolute Gasteiger partial charge is 0.356 e. The Kier molecular flexibility index (Phi) is 3.23. The molecule has 0 unspecified atom stereocenters. The molecule has 0 amide bonds. The normalized spacial score (nSPS) is 14.2. The first kappa shape index (κ1) is 12.5. The van der Waals surface area contributed by atoms with Crippen molar-refractivity contribution in [1.82, 2.24) is 30.2 Å². The van der Waals surface area contributed by atoms with Gasteiger partial charge in [-0.3, -0.25) is 0 Å². The first-order chi connectivity index (χ1) is 9.72. The molecule has 2 aromatic rings. The van der Waals surface area contributed by atoms with Gasteiger partial charge in [-0.15, -0.1) is 5.10 Å². The number of hydrogen-bond acceptors (Lipinski definition) is 7. The van der Waals surface area contributed by atoms with Gasteiger partial charge in [0, 0.05) is 6.54 Å². The van der Waals surface area contributed by atoms with Crippen LogP contribution in [0.1, 0.15) is 29.2 Å². The molecule has 0 bridgehead atoms. The molecule has 0 atom stereocenters. The van der Waals surface area contributed by atoms with Crippen molar-refractivity contribution >= 4 is 11.8 Å². The van der Waals surface area contributed by atoms with Gasteiger partial charge in [0.2, 0.25) is 0 Å². The fraction of sp³-hybridized carbons (Fsp3) is 0.455. The highest BCUT2D eigenvalue weighted by atomic mass is 16.4. The van der Waals surface area contributed by atoms with Crippen LogP contribution in [0.4, 0.5) is 5.82 Å². The summed E-state index contributed by atoms with van der Waals surface area (Å²) < 4.78 is 1.78. The molecular weight excluding hydrogens is 262 g/mol. The Morgan fingerprint density at radius 1 is 1.40 bits per heavy atom. The second-order valence-electron chi connectivity index (χ2n) is 4.67. The second-order valence-corrected chi connectivity index (χ2v) is 4.67. The SMILES string of the molecule is O=C(O)c1cnc(NCc2nnnn2CC2CC2)cn1. The summed E-state index contributed by atoms with van der Waals surface area (Å²) in [6, 6.07) is 0. The van der Waals surface area contributed by atoms with Gasteiger partial charge in [0.15, 0.2) is 11.5 Å². The summed E-state index contributed by atoms with van der Waals surface area (Å²) in [6.07, 6.45) is 5.04. The lowest BCUT2D eigenvalue weighted by Crippen LogP contribution is -2.12. The van der Waals surface area contributed by atoms with Crippen LogP contribution in [0.25, 0.3) is 0 Å². The molecule has 9 heteroatoms. The largest absolute Gasteiger partial charge is 0.476 e. The number of anilines is 1. The van der Waals surface area contributed by atoms with E-state index in [9.17, 15) is 4.79 Å². The monoisotopic (exact) mass is 275 g/mol. The number of hydrogen-bond donors (Lipinski definition) is 2. The van der Waals surface area contributed by atoms with Crippen LogP contribution in [0.3, 0.4) is 0 Å². The Balaban J connectivity index is 1.61. The molecule has 2 aromatic heterocycles. The molecule has 0 aliphatic heterocycles. The van der Waals surface area contributed by atoms with Crippen LogP contribution >= 0.6 is 0 Å². The van der Waals surface area contributed by atoms with E-state index < -0.39 is 5.97 Å². The molecule has 0 radical (unpaired) electrons. The van der Waals surface area contributed by atoms with E-state index in [1.807, 2.05) is 0 Å². The van der Waals surface area contributed by atoms with Crippen molar-refractivity contribution in [3.05, 3.63) is 23.9 Å². The molecule has 3 rings (SSSR count). The van der Waals surface area contributed by atoms with Gasteiger partial charge in [0.25, 0.3) is 0 Å². The van der Waals surface area contributed by atoms with Crippen molar-refractivity contribution in [3.63, 3.8) is 0 Å². The Morgan fingerprint density at radius 2 is 2.25 bits per heavy atom. The number of nitrogens with zero attached hydrogens (tertiary/aromatic N) is 6. The maximum atomic E-state index is 10.7. The molecule has 0 spiro atoms. The number of aromatic carboxylic acids is 1. The van der Waals surface area contributed by atoms with Gasteiger partial charge < -0.3 is 10.4 Å². The van der Waals surface area contributed by atoms with E-state index in [1.165, 1.54) is 25.2 Å². The molecule has 2 heterocycles. The standard InChI is InChI=1S/C11H13N7O2/c19-11(20)8-3-13-9(4-12-8)14-5-10-15-16-17-18(10)6-7-1-2-7/h3-4,7H,1-2,5-6H2,(H,13,14)(H,19,20). The fourth-order valence-corrected chi connectivity index (χ4v) is 1.74. The van der Waals surface area contributed by atoms with Crippen molar-refractivity contribution < 1.29 is 9.90 Å². The lowest BCUT2D eigenvalue weighted by molar-refractivity contribution is 0.0690. The molecule has 20 heavy (non-hydrogen) atoms. The van der Waals surface area contributed by atoms with Crippen molar-refractivity contribution in [2.24, 2.45) is 5.92 Å². The lowest BCUT2D eigenvalue weighted by Gasteiger charge is -2.05. The van der Waals surface area contributed by atoms with Crippen LogP contribution < -0.4 is 5.32 Å². The highest BCUT2D eigenvalue weighted by Crippen LogP contribution is 2.30. The first-order valence-electron chi connectivity index (χ1n) is 6.26. The first-order valence-corrected chi connectivity index (χ1v) is 6.26. The molecule has 1 aliphatic carbocycles. The third kappa shape index (κ3) is 2.87. The number of carbonyl (C=O) groups is 1. The van der Waals surface area contributed by atoms with Gasteiger partial charge in [0.1, 0.15) is 5.82 Å². The van der Waals surface area contributed by atoms with Crippen LogP contribution in [0, 0.1) is 5.92 Å². The molecule has 1 saturated carbocycles. The molecule has 0 aromatic carbocycles. The highest BCUT2D eigenvalue weighted by molar-refractivity contribution is 5.84. The van der Waals surface area contributed by atoms with E-state index in [0.29, 0.717) is 18.3 Å². The maximum Gasteiger partial charge on any atom is 0.356 e. The summed E-state index contributed by atoms with van der Waals surface area (Å²) in [5.74, 6) is 0.793. The van der Waals surface area contributed by atoms with Gasteiger partial charge in [0.05, 0.1) is 18.9 Å². The lowest BCUT2D eigenvalue weighted by atomic mass is 10.4. The van der Waals surface area contributed by atoms with Crippen LogP contribution in [0.5, 0.6) is 0 Å². The third-order valence-corrected chi connectivity index (χ3v) is 3.03. The maximum absolute atomic E-state index is 10.7. The zero-order chi connectivity index (χ0) is 13.9. The molecule has 0 saturated heterocycles. The van der Waals surface area contributed by atoms with E-state index in [1.54, 1.807) is 4.68 Å². The number of aromatic nitrogens is 6. The van der Waals surface area contributed by atoms with E-state index in [4.69, 9.17) is 5.11 Å². The fourth-order valence-electron chi connectivity index (χ4n) is 1.74. The Hall–Kier alpha value is -2.58. The summed E-state index contributed by atoms with van der Waals surface area (Å²) in [5, 5.41) is 23.3. The van der Waals surface area contributed by atoms with Crippen LogP contribution in [-0.2, 0) is 13.1 Å². The average Bonchev–Trinajstić information content (AvgIpc) is 3.15. The van der Waals surface area contributed by atoms with Crippen molar-refractivity contribution in [2.75, 3.05) is 5.32 Å². The Bertz CT molecular complexity index is 605. The van der Waals surface area contributed by atoms with Gasteiger partial charge in [-0.1, -0.05) is 0 Å². The van der Waals surface area contributed by atoms with E-state index in [2.05, 4.69) is 30.8 Å². The number of tetrazole rings is 1. The topological polar surface area (TPSA) is 119 Å². The summed E-state index contributed by atoms with van der Waals surface area (Å²) in [5.41, 5.74) is -0.0888. The minimum atomic E-state index is -1.10. The van der Waals surface area contributed by atoms with E-state index in [0.717, 1.165) is 12.4 Å². The quantitative estimate of drug-likeness (QED) is 0.766. The number of rotatable bonds is 6. The Morgan fingerprint density at radius 3 is 2.90 bits per heavy atom. The summed E-state index contributed by atoms with van der Waals surface area (Å²) in [4.78, 5) is 18.4. The number of nitrogens with one attached hydrogen (secondary N) is 1. The highest BCUT2D eigenvalue weighted by Gasteiger charge is 2.23. The zero-order valence-corrected chi connectivity index (χ0v) is 10.6. The van der Waals surface area contributed by atoms with Crippen LogP contribution in [0.2, 0.25) is 0 Å². The van der Waals surface area contributed by atoms with Crippen LogP contribution in [-0.4, -0.2) is 41.3 Å². The van der Waals surface area contributed by atoms with E-state index >= 15 is 0 Å². The summed E-state index contributed by atoms with van der Waals surface area (Å²) in [6.45, 7) is 1.26. The molecule has 1 fully saturated rings. The van der Waals surface area contributed by atoms with Crippen molar-refractivity contribution in [1.29, 1.82) is 0 Å². The predicted molar refractivity (Wildman–Crippen MR) is 66.9 cm³/mol. The van der Waals surface area contributed by atoms with Gasteiger partial charge in [-0.2, -0.15) is 0 Å². The number of carboxylic acids is 1. The van der Waals surface area contributed by atoms with E-state index in [-0.39, 0.29) is 5.69 Å². The van der Waals surface area contributed by atoms with Gasteiger partial charge in [-0.25, -0.2) is 19.4 Å². The Labute approximate surface area is 114 Å². The third-order valence-electron chi connectivity index (χ3n) is 3.03. The van der Waals surface area contributed by atoms with Crippen molar-refractivity contribution in [3.8, 4) is 0 Å². The number of carboxylic acid groups (broad SMARTS) is 1. The molecule has 1 aliphatic rings. The molecule has 2 N–H and O–H groups in total. The average molecular weight is 275 g/mol. The predicted octanol–water partition coefficient (Wildman–Crippen LogP) is 0.183. The van der Waals surface area contributed by atoms with Crippen molar-refractivity contribution in [2.45, 2.75) is 25.9 Å². The van der Waals surface area contributed by atoms with Crippen LogP contribution in [0.15, 0.2) is 12.4 Å². The minimum absolute atomic E-state index is 0.0888. The van der Waals surface area contributed by atoms with Gasteiger partial charge >= 0.3 is 5.97 Å². The second kappa shape index (κ2) is 5.19. The molecule has 9 nitrogen and oxygen atoms in total. The zero-order valence-electron chi connectivity index (χ0n) is 10.6. The minimum Gasteiger partial charge on any atom is -0.476 e. The summed E-state index contributed by atoms with van der Waals surface area (Å²) in [7, 11) is 0. The molecule has 104 valence electrons.